The highest BCUT2D eigenvalue weighted by molar-refractivity contribution is 7.16. The minimum absolute atomic E-state index is 0.197. The summed E-state index contributed by atoms with van der Waals surface area (Å²) in [4.78, 5) is 25.0. The molecule has 1 aromatic heterocycles. The van der Waals surface area contributed by atoms with Gasteiger partial charge in [0.2, 0.25) is 0 Å². The van der Waals surface area contributed by atoms with Crippen molar-refractivity contribution in [3.63, 3.8) is 0 Å². The predicted molar refractivity (Wildman–Crippen MR) is 92.3 cm³/mol. The van der Waals surface area contributed by atoms with Crippen molar-refractivity contribution < 1.29 is 23.8 Å². The quantitative estimate of drug-likeness (QED) is 0.811. The maximum absolute atomic E-state index is 12.1. The van der Waals surface area contributed by atoms with Crippen LogP contribution in [0.1, 0.15) is 20.8 Å². The molecule has 0 bridgehead atoms. The van der Waals surface area contributed by atoms with Crippen molar-refractivity contribution >= 4 is 28.2 Å². The first-order chi connectivity index (χ1) is 11.5. The number of nitrogens with one attached hydrogen (secondary N) is 1. The fourth-order valence-corrected chi connectivity index (χ4v) is 3.17. The molecule has 0 atom stereocenters. The molecule has 24 heavy (non-hydrogen) atoms. The molecule has 0 spiro atoms. The number of carbonyl (C=O) groups excluding carboxylic acids is 2. The second-order valence-electron chi connectivity index (χ2n) is 4.97. The second kappa shape index (κ2) is 7.83. The molecule has 0 aliphatic carbocycles. The van der Waals surface area contributed by atoms with E-state index in [1.54, 1.807) is 18.2 Å². The lowest BCUT2D eigenvalue weighted by Gasteiger charge is -2.10. The lowest BCUT2D eigenvalue weighted by Crippen LogP contribution is -2.21. The summed E-state index contributed by atoms with van der Waals surface area (Å²) in [6.07, 6.45) is 0. The maximum atomic E-state index is 12.1. The van der Waals surface area contributed by atoms with E-state index < -0.39 is 5.97 Å². The van der Waals surface area contributed by atoms with Crippen LogP contribution in [0.5, 0.6) is 11.5 Å². The van der Waals surface area contributed by atoms with Crippen LogP contribution in [0.2, 0.25) is 0 Å². The Morgan fingerprint density at radius 3 is 2.42 bits per heavy atom. The predicted octanol–water partition coefficient (Wildman–Crippen LogP) is 3.18. The van der Waals surface area contributed by atoms with Crippen LogP contribution in [0.4, 0.5) is 5.00 Å². The number of hydrogen-bond acceptors (Lipinski definition) is 6. The summed E-state index contributed by atoms with van der Waals surface area (Å²) >= 11 is 1.33. The first kappa shape index (κ1) is 17.8. The van der Waals surface area contributed by atoms with Crippen LogP contribution in [0.25, 0.3) is 0 Å². The number of carbonyl (C=O) groups is 2. The highest BCUT2D eigenvalue weighted by Gasteiger charge is 2.21. The van der Waals surface area contributed by atoms with Gasteiger partial charge in [-0.15, -0.1) is 11.3 Å². The Labute approximate surface area is 144 Å². The number of hydrogen-bond donors (Lipinski definition) is 1. The molecule has 0 radical (unpaired) electrons. The van der Waals surface area contributed by atoms with Gasteiger partial charge >= 0.3 is 5.97 Å². The molecule has 1 aromatic carbocycles. The molecule has 0 fully saturated rings. The van der Waals surface area contributed by atoms with Gasteiger partial charge in [-0.05, 0) is 31.5 Å². The molecule has 128 valence electrons. The molecule has 2 aromatic rings. The van der Waals surface area contributed by atoms with E-state index in [9.17, 15) is 9.59 Å². The Kier molecular flexibility index (Phi) is 5.81. The maximum Gasteiger partial charge on any atom is 0.341 e. The van der Waals surface area contributed by atoms with Crippen molar-refractivity contribution in [2.45, 2.75) is 13.8 Å². The Balaban J connectivity index is 2.08. The first-order valence-electron chi connectivity index (χ1n) is 7.21. The molecular formula is C17H19NO5S. The summed E-state index contributed by atoms with van der Waals surface area (Å²) in [5, 5.41) is 3.17. The number of methoxy groups -OCH3 is 2. The number of aryl methyl sites for hydroxylation is 1. The average molecular weight is 349 g/mol. The molecule has 6 nitrogen and oxygen atoms in total. The Hall–Kier alpha value is -2.54. The van der Waals surface area contributed by atoms with Gasteiger partial charge in [0.05, 0.1) is 19.8 Å². The van der Waals surface area contributed by atoms with Gasteiger partial charge in [-0.25, -0.2) is 4.79 Å². The number of para-hydroxylation sites is 2. The summed E-state index contributed by atoms with van der Waals surface area (Å²) in [5.74, 6) is 0.176. The van der Waals surface area contributed by atoms with Crippen molar-refractivity contribution in [3.05, 3.63) is 40.3 Å². The van der Waals surface area contributed by atoms with Crippen molar-refractivity contribution in [1.29, 1.82) is 0 Å². The number of rotatable bonds is 6. The van der Waals surface area contributed by atoms with E-state index in [1.165, 1.54) is 25.6 Å². The van der Waals surface area contributed by atoms with Gasteiger partial charge in [0.25, 0.3) is 5.91 Å². The van der Waals surface area contributed by atoms with E-state index >= 15 is 0 Å². The average Bonchev–Trinajstić information content (AvgIpc) is 2.86. The van der Waals surface area contributed by atoms with Crippen molar-refractivity contribution in [1.82, 2.24) is 0 Å². The standard InChI is InChI=1S/C17H19NO5S/c1-10-11(2)24-16(15(10)17(20)22-4)18-14(19)9-23-13-8-6-5-7-12(13)21-3/h5-8H,9H2,1-4H3,(H,18,19). The van der Waals surface area contributed by atoms with Crippen molar-refractivity contribution in [2.75, 3.05) is 26.1 Å². The summed E-state index contributed by atoms with van der Waals surface area (Å²) in [6.45, 7) is 3.50. The van der Waals surface area contributed by atoms with E-state index in [0.29, 0.717) is 22.1 Å². The molecule has 0 aliphatic rings. The van der Waals surface area contributed by atoms with Gasteiger partial charge in [0.1, 0.15) is 5.00 Å². The number of esters is 1. The largest absolute Gasteiger partial charge is 0.493 e. The minimum atomic E-state index is -0.474. The van der Waals surface area contributed by atoms with Gasteiger partial charge in [-0.1, -0.05) is 12.1 Å². The molecule has 0 saturated heterocycles. The topological polar surface area (TPSA) is 73.9 Å². The third kappa shape index (κ3) is 3.86. The summed E-state index contributed by atoms with van der Waals surface area (Å²) in [5.41, 5.74) is 1.18. The van der Waals surface area contributed by atoms with Crippen LogP contribution in [0.3, 0.4) is 0 Å². The molecule has 0 saturated carbocycles. The van der Waals surface area contributed by atoms with Crippen molar-refractivity contribution in [3.8, 4) is 11.5 Å². The van der Waals surface area contributed by atoms with Crippen LogP contribution in [0, 0.1) is 13.8 Å². The number of thiophene rings is 1. The Morgan fingerprint density at radius 2 is 1.79 bits per heavy atom. The zero-order chi connectivity index (χ0) is 17.7. The first-order valence-corrected chi connectivity index (χ1v) is 8.03. The van der Waals surface area contributed by atoms with Crippen LogP contribution < -0.4 is 14.8 Å². The van der Waals surface area contributed by atoms with E-state index in [1.807, 2.05) is 19.9 Å². The van der Waals surface area contributed by atoms with Gasteiger partial charge in [-0.3, -0.25) is 4.79 Å². The highest BCUT2D eigenvalue weighted by Crippen LogP contribution is 2.33. The Morgan fingerprint density at radius 1 is 1.12 bits per heavy atom. The SMILES string of the molecule is COC(=O)c1c(NC(=O)COc2ccccc2OC)sc(C)c1C. The van der Waals surface area contributed by atoms with Gasteiger partial charge in [0, 0.05) is 4.88 Å². The third-order valence-corrected chi connectivity index (χ3v) is 4.58. The number of anilines is 1. The molecule has 7 heteroatoms. The van der Waals surface area contributed by atoms with Crippen molar-refractivity contribution in [2.24, 2.45) is 0 Å². The number of benzene rings is 1. The van der Waals surface area contributed by atoms with Crippen LogP contribution in [0.15, 0.2) is 24.3 Å². The van der Waals surface area contributed by atoms with E-state index in [4.69, 9.17) is 14.2 Å². The van der Waals surface area contributed by atoms with Crippen LogP contribution >= 0.6 is 11.3 Å². The number of ether oxygens (including phenoxy) is 3. The third-order valence-electron chi connectivity index (χ3n) is 3.46. The monoisotopic (exact) mass is 349 g/mol. The fourth-order valence-electron chi connectivity index (χ4n) is 2.11. The number of amides is 1. The van der Waals surface area contributed by atoms with E-state index in [2.05, 4.69) is 5.32 Å². The molecule has 2 rings (SSSR count). The molecule has 0 unspecified atom stereocenters. The zero-order valence-electron chi connectivity index (χ0n) is 14.0. The summed E-state index contributed by atoms with van der Waals surface area (Å²) in [6, 6.07) is 7.06. The highest BCUT2D eigenvalue weighted by atomic mass is 32.1. The minimum Gasteiger partial charge on any atom is -0.493 e. The lowest BCUT2D eigenvalue weighted by atomic mass is 10.1. The summed E-state index contributed by atoms with van der Waals surface area (Å²) in [7, 11) is 2.84. The fraction of sp³-hybridized carbons (Fsp3) is 0.294. The normalized spacial score (nSPS) is 10.2. The molecule has 1 heterocycles. The molecule has 0 aliphatic heterocycles. The van der Waals surface area contributed by atoms with Crippen LogP contribution in [-0.4, -0.2) is 32.7 Å². The Bertz CT molecular complexity index is 753. The smallest absolute Gasteiger partial charge is 0.341 e. The molecule has 1 amide bonds. The zero-order valence-corrected chi connectivity index (χ0v) is 14.8. The molecule has 1 N–H and O–H groups in total. The van der Waals surface area contributed by atoms with Gasteiger partial charge in [0.15, 0.2) is 18.1 Å². The second-order valence-corrected chi connectivity index (χ2v) is 6.19. The van der Waals surface area contributed by atoms with Gasteiger partial charge in [-0.2, -0.15) is 0 Å². The lowest BCUT2D eigenvalue weighted by molar-refractivity contribution is -0.118. The van der Waals surface area contributed by atoms with E-state index in [0.717, 1.165) is 10.4 Å². The van der Waals surface area contributed by atoms with Gasteiger partial charge < -0.3 is 19.5 Å². The van der Waals surface area contributed by atoms with E-state index in [-0.39, 0.29) is 12.5 Å². The molecular weight excluding hydrogens is 330 g/mol. The van der Waals surface area contributed by atoms with Crippen LogP contribution in [-0.2, 0) is 9.53 Å². The summed E-state index contributed by atoms with van der Waals surface area (Å²) < 4.78 is 15.4.